The van der Waals surface area contributed by atoms with E-state index < -0.39 is 28.5 Å². The Morgan fingerprint density at radius 3 is 2.17 bits per heavy atom. The molecule has 7 nitrogen and oxygen atoms in total. The number of amides is 2. The highest BCUT2D eigenvalue weighted by atomic mass is 79.9. The predicted octanol–water partition coefficient (Wildman–Crippen LogP) is 7.47. The van der Waals surface area contributed by atoms with Crippen LogP contribution in [0.15, 0.2) is 106 Å². The van der Waals surface area contributed by atoms with Gasteiger partial charge >= 0.3 is 0 Å². The molecule has 0 aliphatic carbocycles. The van der Waals surface area contributed by atoms with Crippen molar-refractivity contribution in [2.24, 2.45) is 0 Å². The molecule has 4 aromatic carbocycles. The van der Waals surface area contributed by atoms with E-state index in [4.69, 9.17) is 11.6 Å². The molecular weight excluding hydrogens is 686 g/mol. The van der Waals surface area contributed by atoms with Crippen molar-refractivity contribution in [1.82, 2.24) is 10.2 Å². The second kappa shape index (κ2) is 15.8. The third-order valence-corrected chi connectivity index (χ3v) is 10.5. The van der Waals surface area contributed by atoms with Crippen molar-refractivity contribution >= 4 is 55.1 Å². The molecule has 0 aromatic heterocycles. The molecule has 10 heteroatoms. The largest absolute Gasteiger partial charge is 0.352 e. The van der Waals surface area contributed by atoms with Gasteiger partial charge in [-0.15, -0.1) is 0 Å². The molecule has 4 aromatic rings. The molecule has 0 spiro atoms. The SMILES string of the molecule is CCC(C)NC(=O)C(Cc1ccccc1)N(Cc1cccc(Br)c1)C(=O)CN(c1ccc(C)c(C)c1)S(=O)(=O)c1ccc(Cl)cc1. The van der Waals surface area contributed by atoms with E-state index in [9.17, 15) is 18.0 Å². The monoisotopic (exact) mass is 723 g/mol. The van der Waals surface area contributed by atoms with Crippen LogP contribution >= 0.6 is 27.5 Å². The molecule has 4 rings (SSSR count). The van der Waals surface area contributed by atoms with E-state index in [2.05, 4.69) is 21.2 Å². The van der Waals surface area contributed by atoms with Crippen molar-refractivity contribution in [2.45, 2.75) is 64.1 Å². The fraction of sp³-hybridized carbons (Fsp3) is 0.278. The lowest BCUT2D eigenvalue weighted by atomic mass is 10.0. The van der Waals surface area contributed by atoms with Gasteiger partial charge in [-0.1, -0.05) is 83.0 Å². The van der Waals surface area contributed by atoms with E-state index in [0.717, 1.165) is 31.0 Å². The van der Waals surface area contributed by atoms with Crippen molar-refractivity contribution in [3.63, 3.8) is 0 Å². The fourth-order valence-electron chi connectivity index (χ4n) is 4.97. The summed E-state index contributed by atoms with van der Waals surface area (Å²) in [6.45, 7) is 7.28. The molecule has 0 fully saturated rings. The summed E-state index contributed by atoms with van der Waals surface area (Å²) in [6.07, 6.45) is 0.958. The first kappa shape index (κ1) is 35.2. The minimum atomic E-state index is -4.22. The zero-order valence-electron chi connectivity index (χ0n) is 26.4. The third-order valence-electron chi connectivity index (χ3n) is 7.97. The molecule has 0 aliphatic heterocycles. The number of halogens is 2. The standard InChI is InChI=1S/C36H39BrClN3O4S/c1-5-27(4)39-36(43)34(22-28-10-7-6-8-11-28)40(23-29-12-9-13-30(37)21-29)35(42)24-41(32-17-14-25(2)26(3)20-32)46(44,45)33-18-15-31(38)16-19-33/h6-21,27,34H,5,22-24H2,1-4H3,(H,39,43). The van der Waals surface area contributed by atoms with E-state index in [0.29, 0.717) is 17.1 Å². The molecule has 242 valence electrons. The van der Waals surface area contributed by atoms with Crippen LogP contribution in [0.3, 0.4) is 0 Å². The number of nitrogens with one attached hydrogen (secondary N) is 1. The quantitative estimate of drug-likeness (QED) is 0.155. The third kappa shape index (κ3) is 8.99. The highest BCUT2D eigenvalue weighted by molar-refractivity contribution is 9.10. The van der Waals surface area contributed by atoms with E-state index >= 15 is 0 Å². The van der Waals surface area contributed by atoms with Crippen LogP contribution in [0.5, 0.6) is 0 Å². The summed E-state index contributed by atoms with van der Waals surface area (Å²) in [5.74, 6) is -0.823. The highest BCUT2D eigenvalue weighted by Crippen LogP contribution is 2.28. The Hall–Kier alpha value is -3.66. The molecule has 1 N–H and O–H groups in total. The minimum absolute atomic E-state index is 0.00295. The first-order valence-electron chi connectivity index (χ1n) is 15.1. The van der Waals surface area contributed by atoms with Crippen LogP contribution in [0.1, 0.15) is 42.5 Å². The molecule has 46 heavy (non-hydrogen) atoms. The first-order valence-corrected chi connectivity index (χ1v) is 17.7. The van der Waals surface area contributed by atoms with Gasteiger partial charge in [-0.2, -0.15) is 0 Å². The number of aryl methyl sites for hydroxylation is 2. The van der Waals surface area contributed by atoms with Crippen LogP contribution in [-0.4, -0.2) is 43.8 Å². The molecule has 0 saturated carbocycles. The number of anilines is 1. The van der Waals surface area contributed by atoms with Gasteiger partial charge in [0.2, 0.25) is 11.8 Å². The van der Waals surface area contributed by atoms with Crippen LogP contribution in [0.4, 0.5) is 5.69 Å². The number of sulfonamides is 1. The Balaban J connectivity index is 1.83. The predicted molar refractivity (Wildman–Crippen MR) is 188 cm³/mol. The Morgan fingerprint density at radius 1 is 0.870 bits per heavy atom. The number of nitrogens with zero attached hydrogens (tertiary/aromatic N) is 2. The number of hydrogen-bond acceptors (Lipinski definition) is 4. The molecule has 2 unspecified atom stereocenters. The lowest BCUT2D eigenvalue weighted by Gasteiger charge is -2.34. The maximum Gasteiger partial charge on any atom is 0.264 e. The van der Waals surface area contributed by atoms with Crippen LogP contribution in [0, 0.1) is 13.8 Å². The summed E-state index contributed by atoms with van der Waals surface area (Å²) < 4.78 is 30.4. The average molecular weight is 725 g/mol. The van der Waals surface area contributed by atoms with Crippen molar-refractivity contribution in [3.05, 3.63) is 129 Å². The Morgan fingerprint density at radius 2 is 1.54 bits per heavy atom. The molecule has 2 amide bonds. The maximum atomic E-state index is 14.6. The fourth-order valence-corrected chi connectivity index (χ4v) is 6.95. The van der Waals surface area contributed by atoms with Crippen molar-refractivity contribution in [3.8, 4) is 0 Å². The van der Waals surface area contributed by atoms with Crippen LogP contribution in [-0.2, 0) is 32.6 Å². The summed E-state index contributed by atoms with van der Waals surface area (Å²) in [6, 6.07) is 27.1. The second-order valence-electron chi connectivity index (χ2n) is 11.4. The zero-order chi connectivity index (χ0) is 33.4. The zero-order valence-corrected chi connectivity index (χ0v) is 29.6. The molecule has 0 bridgehead atoms. The van der Waals surface area contributed by atoms with Crippen LogP contribution < -0.4 is 9.62 Å². The Kier molecular flexibility index (Phi) is 12.1. The summed E-state index contributed by atoms with van der Waals surface area (Å²) in [5.41, 5.74) is 3.87. The number of carbonyl (C=O) groups is 2. The average Bonchev–Trinajstić information content (AvgIpc) is 3.03. The topological polar surface area (TPSA) is 86.8 Å². The minimum Gasteiger partial charge on any atom is -0.352 e. The first-order chi connectivity index (χ1) is 21.9. The number of carbonyl (C=O) groups excluding carboxylic acids is 2. The normalized spacial score (nSPS) is 12.7. The number of hydrogen-bond donors (Lipinski definition) is 1. The van der Waals surface area contributed by atoms with Crippen molar-refractivity contribution < 1.29 is 18.0 Å². The molecule has 0 radical (unpaired) electrons. The molecule has 2 atom stereocenters. The Labute approximate surface area is 285 Å². The second-order valence-corrected chi connectivity index (χ2v) is 14.6. The maximum absolute atomic E-state index is 14.6. The molecule has 0 aliphatic rings. The van der Waals surface area contributed by atoms with E-state index in [1.54, 1.807) is 12.1 Å². The summed E-state index contributed by atoms with van der Waals surface area (Å²) in [5, 5.41) is 3.45. The van der Waals surface area contributed by atoms with E-state index in [1.165, 1.54) is 29.2 Å². The number of rotatable bonds is 13. The van der Waals surface area contributed by atoms with Gasteiger partial charge in [0.15, 0.2) is 0 Å². The van der Waals surface area contributed by atoms with Gasteiger partial charge in [-0.3, -0.25) is 13.9 Å². The van der Waals surface area contributed by atoms with Gasteiger partial charge in [0, 0.05) is 28.5 Å². The van der Waals surface area contributed by atoms with Gasteiger partial charge in [-0.05, 0) is 98.0 Å². The summed E-state index contributed by atoms with van der Waals surface area (Å²) >= 11 is 9.59. The van der Waals surface area contributed by atoms with E-state index in [-0.39, 0.29) is 29.8 Å². The molecule has 0 saturated heterocycles. The van der Waals surface area contributed by atoms with E-state index in [1.807, 2.05) is 88.4 Å². The van der Waals surface area contributed by atoms with Crippen LogP contribution in [0.2, 0.25) is 5.02 Å². The molecular formula is C36H39BrClN3O4S. The van der Waals surface area contributed by atoms with Gasteiger partial charge in [-0.25, -0.2) is 8.42 Å². The Bertz CT molecular complexity index is 1770. The summed E-state index contributed by atoms with van der Waals surface area (Å²) in [7, 11) is -4.22. The molecule has 0 heterocycles. The van der Waals surface area contributed by atoms with Crippen LogP contribution in [0.25, 0.3) is 0 Å². The number of benzene rings is 4. The lowest BCUT2D eigenvalue weighted by Crippen LogP contribution is -2.54. The van der Waals surface area contributed by atoms with Gasteiger partial charge in [0.05, 0.1) is 10.6 Å². The lowest BCUT2D eigenvalue weighted by molar-refractivity contribution is -0.140. The van der Waals surface area contributed by atoms with Crippen molar-refractivity contribution in [2.75, 3.05) is 10.8 Å². The van der Waals surface area contributed by atoms with Gasteiger partial charge in [0.1, 0.15) is 12.6 Å². The highest BCUT2D eigenvalue weighted by Gasteiger charge is 2.35. The van der Waals surface area contributed by atoms with Gasteiger partial charge in [0.25, 0.3) is 10.0 Å². The van der Waals surface area contributed by atoms with Gasteiger partial charge < -0.3 is 10.2 Å². The van der Waals surface area contributed by atoms with Crippen molar-refractivity contribution in [1.29, 1.82) is 0 Å². The summed E-state index contributed by atoms with van der Waals surface area (Å²) in [4.78, 5) is 30.0. The smallest absolute Gasteiger partial charge is 0.264 e.